The average molecular weight is 345 g/mol. The number of benzene rings is 1. The van der Waals surface area contributed by atoms with Gasteiger partial charge in [-0.05, 0) is 12.5 Å². The fourth-order valence-corrected chi connectivity index (χ4v) is 2.65. The number of carbonyl (C=O) groups excluding carboxylic acids is 2. The Morgan fingerprint density at radius 3 is 2.92 bits per heavy atom. The molecule has 1 aromatic carbocycles. The van der Waals surface area contributed by atoms with Crippen LogP contribution in [-0.2, 0) is 9.59 Å². The minimum absolute atomic E-state index is 0.00587. The van der Waals surface area contributed by atoms with Gasteiger partial charge in [0.1, 0.15) is 12.6 Å². The zero-order valence-electron chi connectivity index (χ0n) is 13.8. The molecule has 1 atom stereocenters. The van der Waals surface area contributed by atoms with Gasteiger partial charge in [0.2, 0.25) is 11.8 Å². The molecule has 0 saturated carbocycles. The van der Waals surface area contributed by atoms with E-state index < -0.39 is 10.8 Å². The third kappa shape index (κ3) is 4.74. The van der Waals surface area contributed by atoms with Crippen LogP contribution in [0.1, 0.15) is 31.7 Å². The van der Waals surface area contributed by atoms with E-state index in [1.807, 2.05) is 13.0 Å². The molecule has 1 fully saturated rings. The third-order valence-electron chi connectivity index (χ3n) is 3.92. The van der Waals surface area contributed by atoms with E-state index in [4.69, 9.17) is 5.26 Å². The third-order valence-corrected chi connectivity index (χ3v) is 3.92. The first-order chi connectivity index (χ1) is 11.9. The summed E-state index contributed by atoms with van der Waals surface area (Å²) in [5, 5.41) is 25.6. The fraction of sp³-hybridized carbons (Fsp3) is 0.438. The Morgan fingerprint density at radius 2 is 2.32 bits per heavy atom. The molecule has 1 aromatic rings. The average Bonchev–Trinajstić information content (AvgIpc) is 2.57. The number of nitro groups is 1. The van der Waals surface area contributed by atoms with E-state index >= 15 is 0 Å². The van der Waals surface area contributed by atoms with Crippen molar-refractivity contribution in [3.8, 4) is 6.07 Å². The van der Waals surface area contributed by atoms with Crippen LogP contribution in [0.4, 0.5) is 11.4 Å². The molecule has 1 heterocycles. The number of non-ortho nitro benzene ring substituents is 1. The Hall–Kier alpha value is -2.99. The maximum absolute atomic E-state index is 12.1. The van der Waals surface area contributed by atoms with E-state index in [1.165, 1.54) is 17.0 Å². The van der Waals surface area contributed by atoms with Crippen LogP contribution in [0.15, 0.2) is 18.2 Å². The highest BCUT2D eigenvalue weighted by molar-refractivity contribution is 5.95. The summed E-state index contributed by atoms with van der Waals surface area (Å²) in [7, 11) is 0. The van der Waals surface area contributed by atoms with E-state index in [0.717, 1.165) is 18.9 Å². The Balaban J connectivity index is 1.98. The number of nitriles is 1. The minimum atomic E-state index is -0.614. The van der Waals surface area contributed by atoms with Gasteiger partial charge in [-0.15, -0.1) is 0 Å². The van der Waals surface area contributed by atoms with Gasteiger partial charge in [-0.1, -0.05) is 13.3 Å². The summed E-state index contributed by atoms with van der Waals surface area (Å²) in [6.45, 7) is 2.19. The van der Waals surface area contributed by atoms with Crippen molar-refractivity contribution in [3.05, 3.63) is 33.9 Å². The first-order valence-corrected chi connectivity index (χ1v) is 7.94. The molecule has 9 heteroatoms. The van der Waals surface area contributed by atoms with E-state index in [2.05, 4.69) is 10.6 Å². The predicted molar refractivity (Wildman–Crippen MR) is 89.5 cm³/mol. The largest absolute Gasteiger partial charge is 0.323 e. The Kier molecular flexibility index (Phi) is 6.03. The molecule has 1 saturated heterocycles. The standard InChI is InChI=1S/C16H19N5O4/c1-2-3-12-7-16(23)20(10-18-12)9-15(22)19-14-5-4-13(21(24)25)6-11(14)8-17/h4-6,12,18H,2-3,7,9-10H2,1H3,(H,19,22). The summed E-state index contributed by atoms with van der Waals surface area (Å²) in [6.07, 6.45) is 2.23. The molecular formula is C16H19N5O4. The molecule has 2 amide bonds. The van der Waals surface area contributed by atoms with Gasteiger partial charge < -0.3 is 10.2 Å². The van der Waals surface area contributed by atoms with Crippen molar-refractivity contribution in [1.82, 2.24) is 10.2 Å². The van der Waals surface area contributed by atoms with Gasteiger partial charge in [0.05, 0.1) is 22.8 Å². The molecule has 1 aliphatic rings. The first-order valence-electron chi connectivity index (χ1n) is 7.94. The molecule has 25 heavy (non-hydrogen) atoms. The monoisotopic (exact) mass is 345 g/mol. The van der Waals surface area contributed by atoms with Gasteiger partial charge in [-0.25, -0.2) is 0 Å². The number of rotatable bonds is 6. The highest BCUT2D eigenvalue weighted by Gasteiger charge is 2.26. The minimum Gasteiger partial charge on any atom is -0.323 e. The second-order valence-corrected chi connectivity index (χ2v) is 5.79. The first kappa shape index (κ1) is 18.4. The van der Waals surface area contributed by atoms with Crippen molar-refractivity contribution >= 4 is 23.2 Å². The van der Waals surface area contributed by atoms with Crippen molar-refractivity contribution in [3.63, 3.8) is 0 Å². The SMILES string of the molecule is CCCC1CC(=O)N(CC(=O)Nc2ccc([N+](=O)[O-])cc2C#N)CN1. The van der Waals surface area contributed by atoms with E-state index in [0.29, 0.717) is 13.1 Å². The van der Waals surface area contributed by atoms with Crippen molar-refractivity contribution in [2.75, 3.05) is 18.5 Å². The molecule has 2 rings (SSSR count). The predicted octanol–water partition coefficient (Wildman–Crippen LogP) is 1.35. The molecule has 9 nitrogen and oxygen atoms in total. The number of nitrogens with zero attached hydrogens (tertiary/aromatic N) is 3. The molecule has 0 aromatic heterocycles. The molecule has 132 valence electrons. The van der Waals surface area contributed by atoms with Crippen molar-refractivity contribution < 1.29 is 14.5 Å². The smallest absolute Gasteiger partial charge is 0.270 e. The second-order valence-electron chi connectivity index (χ2n) is 5.79. The summed E-state index contributed by atoms with van der Waals surface area (Å²) < 4.78 is 0. The lowest BCUT2D eigenvalue weighted by molar-refractivity contribution is -0.384. The lowest BCUT2D eigenvalue weighted by atomic mass is 10.1. The number of amides is 2. The van der Waals surface area contributed by atoms with Gasteiger partial charge in [-0.3, -0.25) is 25.0 Å². The maximum Gasteiger partial charge on any atom is 0.270 e. The van der Waals surface area contributed by atoms with E-state index in [9.17, 15) is 19.7 Å². The number of anilines is 1. The van der Waals surface area contributed by atoms with Crippen molar-refractivity contribution in [2.24, 2.45) is 0 Å². The maximum atomic E-state index is 12.1. The molecular weight excluding hydrogens is 326 g/mol. The highest BCUT2D eigenvalue weighted by atomic mass is 16.6. The number of nitrogens with one attached hydrogen (secondary N) is 2. The van der Waals surface area contributed by atoms with Crippen LogP contribution in [-0.4, -0.2) is 40.9 Å². The van der Waals surface area contributed by atoms with E-state index in [1.54, 1.807) is 0 Å². The topological polar surface area (TPSA) is 128 Å². The van der Waals surface area contributed by atoms with Crippen LogP contribution in [0.25, 0.3) is 0 Å². The van der Waals surface area contributed by atoms with Gasteiger partial charge in [0.25, 0.3) is 5.69 Å². The molecule has 1 unspecified atom stereocenters. The summed E-state index contributed by atoms with van der Waals surface area (Å²) in [4.78, 5) is 35.8. The lowest BCUT2D eigenvalue weighted by Gasteiger charge is -2.32. The number of hydrogen-bond donors (Lipinski definition) is 2. The molecule has 0 radical (unpaired) electrons. The number of hydrogen-bond acceptors (Lipinski definition) is 6. The molecule has 1 aliphatic heterocycles. The second kappa shape index (κ2) is 8.21. The van der Waals surface area contributed by atoms with Crippen molar-refractivity contribution in [1.29, 1.82) is 5.26 Å². The Morgan fingerprint density at radius 1 is 1.56 bits per heavy atom. The van der Waals surface area contributed by atoms with E-state index in [-0.39, 0.29) is 35.4 Å². The summed E-state index contributed by atoms with van der Waals surface area (Å²) in [6, 6.07) is 5.56. The number of carbonyl (C=O) groups is 2. The van der Waals surface area contributed by atoms with Crippen LogP contribution in [0.3, 0.4) is 0 Å². The van der Waals surface area contributed by atoms with Crippen LogP contribution < -0.4 is 10.6 Å². The summed E-state index contributed by atoms with van der Waals surface area (Å²) in [5.74, 6) is -0.564. The highest BCUT2D eigenvalue weighted by Crippen LogP contribution is 2.21. The van der Waals surface area contributed by atoms with Gasteiger partial charge in [0.15, 0.2) is 0 Å². The van der Waals surface area contributed by atoms with Crippen LogP contribution >= 0.6 is 0 Å². The quantitative estimate of drug-likeness (QED) is 0.591. The molecule has 2 N–H and O–H groups in total. The van der Waals surface area contributed by atoms with Crippen LogP contribution in [0.2, 0.25) is 0 Å². The van der Waals surface area contributed by atoms with Crippen LogP contribution in [0, 0.1) is 21.4 Å². The van der Waals surface area contributed by atoms with Gasteiger partial charge in [0, 0.05) is 24.6 Å². The Labute approximate surface area is 144 Å². The normalized spacial score (nSPS) is 17.0. The molecule has 0 bridgehead atoms. The Bertz CT molecular complexity index is 728. The lowest BCUT2D eigenvalue weighted by Crippen LogP contribution is -2.52. The zero-order chi connectivity index (χ0) is 18.4. The summed E-state index contributed by atoms with van der Waals surface area (Å²) >= 11 is 0. The van der Waals surface area contributed by atoms with Crippen molar-refractivity contribution in [2.45, 2.75) is 32.2 Å². The molecule has 0 aliphatic carbocycles. The van der Waals surface area contributed by atoms with Gasteiger partial charge >= 0.3 is 0 Å². The zero-order valence-corrected chi connectivity index (χ0v) is 13.8. The molecule has 0 spiro atoms. The summed E-state index contributed by atoms with van der Waals surface area (Å²) in [5.41, 5.74) is -0.0556. The fourth-order valence-electron chi connectivity index (χ4n) is 2.65. The number of nitro benzene ring substituents is 1. The van der Waals surface area contributed by atoms with Gasteiger partial charge in [-0.2, -0.15) is 5.26 Å². The van der Waals surface area contributed by atoms with Crippen LogP contribution in [0.5, 0.6) is 0 Å².